The van der Waals surface area contributed by atoms with Crippen LogP contribution in [0.4, 0.5) is 30.5 Å². The van der Waals surface area contributed by atoms with Gasteiger partial charge in [-0.15, -0.1) is 0 Å². The zero-order valence-electron chi connectivity index (χ0n) is 11.0. The van der Waals surface area contributed by atoms with Crippen LogP contribution in [0.3, 0.4) is 0 Å². The van der Waals surface area contributed by atoms with Gasteiger partial charge in [0.15, 0.2) is 0 Å². The van der Waals surface area contributed by atoms with E-state index in [1.54, 1.807) is 6.07 Å². The molecule has 21 heavy (non-hydrogen) atoms. The van der Waals surface area contributed by atoms with Crippen molar-refractivity contribution in [2.24, 2.45) is 0 Å². The highest BCUT2D eigenvalue weighted by Gasteiger charge is 2.30. The van der Waals surface area contributed by atoms with Crippen LogP contribution in [-0.4, -0.2) is 16.5 Å². The van der Waals surface area contributed by atoms with Crippen LogP contribution in [0.25, 0.3) is 0 Å². The first-order valence-corrected chi connectivity index (χ1v) is 6.89. The number of halogens is 4. The van der Waals surface area contributed by atoms with Crippen LogP contribution >= 0.6 is 15.9 Å². The maximum Gasteiger partial charge on any atom is 0.416 e. The van der Waals surface area contributed by atoms with Gasteiger partial charge in [0.1, 0.15) is 18.0 Å². The van der Waals surface area contributed by atoms with Gasteiger partial charge in [-0.1, -0.05) is 0 Å². The zero-order valence-corrected chi connectivity index (χ0v) is 12.6. The molecule has 0 saturated carbocycles. The second-order valence-electron chi connectivity index (χ2n) is 4.14. The third-order valence-electron chi connectivity index (χ3n) is 2.58. The Hall–Kier alpha value is -1.83. The molecule has 4 nitrogen and oxygen atoms in total. The third kappa shape index (κ3) is 4.07. The van der Waals surface area contributed by atoms with Gasteiger partial charge in [0.2, 0.25) is 0 Å². The summed E-state index contributed by atoms with van der Waals surface area (Å²) < 4.78 is 38.7. The minimum atomic E-state index is -4.39. The summed E-state index contributed by atoms with van der Waals surface area (Å²) in [5, 5.41) is 5.85. The van der Waals surface area contributed by atoms with Gasteiger partial charge in [-0.25, -0.2) is 9.97 Å². The number of benzene rings is 1. The number of rotatable bonds is 4. The maximum absolute atomic E-state index is 12.7. The summed E-state index contributed by atoms with van der Waals surface area (Å²) in [5.74, 6) is 0.999. The molecular formula is C13H12BrF3N4. The summed E-state index contributed by atoms with van der Waals surface area (Å²) in [6.45, 7) is 2.60. The van der Waals surface area contributed by atoms with Crippen LogP contribution in [0, 0.1) is 0 Å². The molecule has 0 bridgehead atoms. The van der Waals surface area contributed by atoms with E-state index in [0.717, 1.165) is 12.1 Å². The van der Waals surface area contributed by atoms with E-state index in [4.69, 9.17) is 0 Å². The minimum absolute atomic E-state index is 0.283. The molecule has 2 N–H and O–H groups in total. The van der Waals surface area contributed by atoms with E-state index in [2.05, 4.69) is 36.5 Å². The molecule has 1 aromatic heterocycles. The van der Waals surface area contributed by atoms with E-state index in [0.29, 0.717) is 22.7 Å². The highest BCUT2D eigenvalue weighted by Crippen LogP contribution is 2.34. The molecule has 0 fully saturated rings. The van der Waals surface area contributed by atoms with E-state index in [1.165, 1.54) is 12.4 Å². The predicted molar refractivity (Wildman–Crippen MR) is 78.6 cm³/mol. The Morgan fingerprint density at radius 3 is 2.52 bits per heavy atom. The van der Waals surface area contributed by atoms with Crippen molar-refractivity contribution >= 4 is 33.3 Å². The van der Waals surface area contributed by atoms with E-state index < -0.39 is 11.7 Å². The van der Waals surface area contributed by atoms with Crippen molar-refractivity contribution in [1.82, 2.24) is 9.97 Å². The molecule has 0 radical (unpaired) electrons. The smallest absolute Gasteiger partial charge is 0.370 e. The monoisotopic (exact) mass is 360 g/mol. The van der Waals surface area contributed by atoms with E-state index in [-0.39, 0.29) is 5.69 Å². The SMILES string of the molecule is CCNc1cc(Nc2cc(C(F)(F)F)ccc2Br)ncn1. The van der Waals surface area contributed by atoms with Crippen molar-refractivity contribution in [3.05, 3.63) is 40.6 Å². The number of hydrogen-bond acceptors (Lipinski definition) is 4. The largest absolute Gasteiger partial charge is 0.416 e. The van der Waals surface area contributed by atoms with Gasteiger partial charge < -0.3 is 10.6 Å². The van der Waals surface area contributed by atoms with Crippen molar-refractivity contribution in [1.29, 1.82) is 0 Å². The van der Waals surface area contributed by atoms with Crippen molar-refractivity contribution in [2.45, 2.75) is 13.1 Å². The highest BCUT2D eigenvalue weighted by atomic mass is 79.9. The zero-order chi connectivity index (χ0) is 15.5. The van der Waals surface area contributed by atoms with Crippen LogP contribution in [0.2, 0.25) is 0 Å². The van der Waals surface area contributed by atoms with Gasteiger partial charge in [0.25, 0.3) is 0 Å². The molecule has 8 heteroatoms. The Bertz CT molecular complexity index is 631. The van der Waals surface area contributed by atoms with E-state index >= 15 is 0 Å². The molecule has 0 atom stereocenters. The fraction of sp³-hybridized carbons (Fsp3) is 0.231. The van der Waals surface area contributed by atoms with Crippen LogP contribution in [-0.2, 0) is 6.18 Å². The Morgan fingerprint density at radius 2 is 1.86 bits per heavy atom. The first kappa shape index (κ1) is 15.6. The summed E-state index contributed by atoms with van der Waals surface area (Å²) in [6.07, 6.45) is -3.06. The fourth-order valence-electron chi connectivity index (χ4n) is 1.64. The average Bonchev–Trinajstić information content (AvgIpc) is 2.41. The lowest BCUT2D eigenvalue weighted by molar-refractivity contribution is -0.137. The molecule has 0 aliphatic carbocycles. The molecule has 0 saturated heterocycles. The molecule has 2 rings (SSSR count). The highest BCUT2D eigenvalue weighted by molar-refractivity contribution is 9.10. The summed E-state index contributed by atoms with van der Waals surface area (Å²) in [6, 6.07) is 5.01. The van der Waals surface area contributed by atoms with Gasteiger partial charge >= 0.3 is 6.18 Å². The molecule has 0 amide bonds. The Kier molecular flexibility index (Phi) is 4.66. The maximum atomic E-state index is 12.7. The van der Waals surface area contributed by atoms with E-state index in [9.17, 15) is 13.2 Å². The number of aromatic nitrogens is 2. The molecule has 0 spiro atoms. The quantitative estimate of drug-likeness (QED) is 0.846. The first-order chi connectivity index (χ1) is 9.90. The lowest BCUT2D eigenvalue weighted by Gasteiger charge is -2.12. The Balaban J connectivity index is 2.28. The van der Waals surface area contributed by atoms with Crippen molar-refractivity contribution in [3.8, 4) is 0 Å². The summed E-state index contributed by atoms with van der Waals surface area (Å²) in [7, 11) is 0. The predicted octanol–water partition coefficient (Wildman–Crippen LogP) is 4.43. The third-order valence-corrected chi connectivity index (χ3v) is 3.27. The van der Waals surface area contributed by atoms with Gasteiger partial charge in [0.05, 0.1) is 11.3 Å². The second kappa shape index (κ2) is 6.30. The van der Waals surface area contributed by atoms with Gasteiger partial charge in [-0.2, -0.15) is 13.2 Å². The standard InChI is InChI=1S/C13H12BrF3N4/c1-2-18-11-6-12(20-7-19-11)21-10-5-8(13(15,16)17)3-4-9(10)14/h3-7H,2H2,1H3,(H2,18,19,20,21). The van der Waals surface area contributed by atoms with Gasteiger partial charge in [-0.05, 0) is 41.1 Å². The summed E-state index contributed by atoms with van der Waals surface area (Å²) in [5.41, 5.74) is -0.444. The van der Waals surface area contributed by atoms with Crippen molar-refractivity contribution < 1.29 is 13.2 Å². The second-order valence-corrected chi connectivity index (χ2v) is 4.99. The first-order valence-electron chi connectivity index (χ1n) is 6.10. The summed E-state index contributed by atoms with van der Waals surface area (Å²) >= 11 is 3.22. The molecule has 0 aliphatic heterocycles. The number of anilines is 3. The van der Waals surface area contributed by atoms with E-state index in [1.807, 2.05) is 6.92 Å². The Morgan fingerprint density at radius 1 is 1.14 bits per heavy atom. The van der Waals surface area contributed by atoms with Crippen molar-refractivity contribution in [3.63, 3.8) is 0 Å². The molecule has 112 valence electrons. The van der Waals surface area contributed by atoms with Crippen LogP contribution < -0.4 is 10.6 Å². The fourth-order valence-corrected chi connectivity index (χ4v) is 1.98. The Labute approximate surface area is 127 Å². The number of nitrogens with zero attached hydrogens (tertiary/aromatic N) is 2. The van der Waals surface area contributed by atoms with Gasteiger partial charge in [-0.3, -0.25) is 0 Å². The molecule has 1 aromatic carbocycles. The lowest BCUT2D eigenvalue weighted by Crippen LogP contribution is -2.06. The van der Waals surface area contributed by atoms with Crippen LogP contribution in [0.15, 0.2) is 35.1 Å². The van der Waals surface area contributed by atoms with Crippen LogP contribution in [0.5, 0.6) is 0 Å². The molecule has 2 aromatic rings. The van der Waals surface area contributed by atoms with Gasteiger partial charge in [0, 0.05) is 17.1 Å². The summed E-state index contributed by atoms with van der Waals surface area (Å²) in [4.78, 5) is 7.98. The number of nitrogens with one attached hydrogen (secondary N) is 2. The normalized spacial score (nSPS) is 11.3. The molecular weight excluding hydrogens is 349 g/mol. The van der Waals surface area contributed by atoms with Crippen molar-refractivity contribution in [2.75, 3.05) is 17.2 Å². The van der Waals surface area contributed by atoms with Crippen LogP contribution in [0.1, 0.15) is 12.5 Å². The lowest BCUT2D eigenvalue weighted by atomic mass is 10.2. The molecule has 1 heterocycles. The average molecular weight is 361 g/mol. The molecule has 0 aliphatic rings. The molecule has 0 unspecified atom stereocenters. The topological polar surface area (TPSA) is 49.8 Å². The minimum Gasteiger partial charge on any atom is -0.370 e. The number of hydrogen-bond donors (Lipinski definition) is 2. The number of alkyl halides is 3.